The van der Waals surface area contributed by atoms with Crippen LogP contribution in [0.3, 0.4) is 0 Å². The molecule has 21 heavy (non-hydrogen) atoms. The van der Waals surface area contributed by atoms with Gasteiger partial charge in [-0.2, -0.15) is 5.10 Å². The third-order valence-electron chi connectivity index (χ3n) is 3.53. The minimum absolute atomic E-state index is 0.196. The van der Waals surface area contributed by atoms with E-state index in [9.17, 15) is 4.79 Å². The predicted octanol–water partition coefficient (Wildman–Crippen LogP) is 2.29. The molecule has 1 unspecified atom stereocenters. The Kier molecular flexibility index (Phi) is 5.22. The molecule has 0 aromatic carbocycles. The van der Waals surface area contributed by atoms with Gasteiger partial charge in [-0.3, -0.25) is 5.10 Å². The van der Waals surface area contributed by atoms with Gasteiger partial charge >= 0.3 is 6.09 Å². The Bertz CT molecular complexity index is 439. The number of aromatic nitrogens is 2. The average Bonchev–Trinajstić information content (AvgIpc) is 2.78. The standard InChI is InChI=1S/C15H26N4O2/c1-15(2,3)21-14(20)19-7-4-5-13(6-8-19)16-9-12-10-17-18-11-12/h10-11,13,16H,4-9H2,1-3H3,(H,17,18). The SMILES string of the molecule is CC(C)(C)OC(=O)N1CCCC(NCc2cn[nH]c2)CC1. The smallest absolute Gasteiger partial charge is 0.410 e. The number of amides is 1. The van der Waals surface area contributed by atoms with Crippen LogP contribution in [0.4, 0.5) is 4.79 Å². The Morgan fingerprint density at radius 3 is 2.95 bits per heavy atom. The quantitative estimate of drug-likeness (QED) is 0.897. The van der Waals surface area contributed by atoms with Crippen molar-refractivity contribution in [1.82, 2.24) is 20.4 Å². The molecule has 0 aliphatic carbocycles. The molecule has 1 aromatic rings. The molecule has 6 heteroatoms. The van der Waals surface area contributed by atoms with Gasteiger partial charge in [0.25, 0.3) is 0 Å². The molecule has 2 rings (SSSR count). The first-order valence-corrected chi connectivity index (χ1v) is 7.63. The highest BCUT2D eigenvalue weighted by Crippen LogP contribution is 2.15. The van der Waals surface area contributed by atoms with Crippen LogP contribution in [-0.2, 0) is 11.3 Å². The molecule has 1 aromatic heterocycles. The molecule has 1 fully saturated rings. The van der Waals surface area contributed by atoms with Crippen molar-refractivity contribution in [2.24, 2.45) is 0 Å². The summed E-state index contributed by atoms with van der Waals surface area (Å²) in [5.41, 5.74) is 0.728. The monoisotopic (exact) mass is 294 g/mol. The molecule has 1 aliphatic rings. The number of nitrogens with zero attached hydrogens (tertiary/aromatic N) is 2. The Morgan fingerprint density at radius 2 is 2.29 bits per heavy atom. The number of hydrogen-bond acceptors (Lipinski definition) is 4. The number of carbonyl (C=O) groups is 1. The number of aromatic amines is 1. The van der Waals surface area contributed by atoms with Gasteiger partial charge in [-0.1, -0.05) is 0 Å². The van der Waals surface area contributed by atoms with Gasteiger partial charge in [0.05, 0.1) is 6.20 Å². The summed E-state index contributed by atoms with van der Waals surface area (Å²) in [6, 6.07) is 0.437. The van der Waals surface area contributed by atoms with Gasteiger partial charge in [0.2, 0.25) is 0 Å². The Hall–Kier alpha value is -1.56. The Balaban J connectivity index is 1.77. The summed E-state index contributed by atoms with van der Waals surface area (Å²) < 4.78 is 5.44. The second-order valence-electron chi connectivity index (χ2n) is 6.58. The number of ether oxygens (including phenoxy) is 1. The van der Waals surface area contributed by atoms with Gasteiger partial charge < -0.3 is 15.0 Å². The highest BCUT2D eigenvalue weighted by molar-refractivity contribution is 5.68. The van der Waals surface area contributed by atoms with E-state index in [4.69, 9.17) is 4.74 Å². The first-order chi connectivity index (χ1) is 9.94. The van der Waals surface area contributed by atoms with Crippen LogP contribution in [0.1, 0.15) is 45.6 Å². The van der Waals surface area contributed by atoms with Crippen LogP contribution in [0.5, 0.6) is 0 Å². The summed E-state index contributed by atoms with van der Waals surface area (Å²) in [5.74, 6) is 0. The highest BCUT2D eigenvalue weighted by atomic mass is 16.6. The summed E-state index contributed by atoms with van der Waals surface area (Å²) in [6.07, 6.45) is 6.57. The van der Waals surface area contributed by atoms with E-state index in [2.05, 4.69) is 15.5 Å². The molecule has 0 spiro atoms. The summed E-state index contributed by atoms with van der Waals surface area (Å²) in [5, 5.41) is 10.3. The number of nitrogens with one attached hydrogen (secondary N) is 2. The number of H-pyrrole nitrogens is 1. The van der Waals surface area contributed by atoms with Gasteiger partial charge in [-0.15, -0.1) is 0 Å². The number of hydrogen-bond donors (Lipinski definition) is 2. The van der Waals surface area contributed by atoms with E-state index in [-0.39, 0.29) is 6.09 Å². The third kappa shape index (κ3) is 5.38. The maximum atomic E-state index is 12.1. The first-order valence-electron chi connectivity index (χ1n) is 7.63. The van der Waals surface area contributed by atoms with Crippen LogP contribution in [0, 0.1) is 0 Å². The third-order valence-corrected chi connectivity index (χ3v) is 3.53. The summed E-state index contributed by atoms with van der Waals surface area (Å²) in [7, 11) is 0. The molecule has 118 valence electrons. The van der Waals surface area contributed by atoms with Crippen molar-refractivity contribution in [2.75, 3.05) is 13.1 Å². The fourth-order valence-corrected chi connectivity index (χ4v) is 2.45. The minimum Gasteiger partial charge on any atom is -0.444 e. The lowest BCUT2D eigenvalue weighted by molar-refractivity contribution is 0.0256. The Morgan fingerprint density at radius 1 is 1.48 bits per heavy atom. The molecule has 2 N–H and O–H groups in total. The van der Waals surface area contributed by atoms with Crippen molar-refractivity contribution < 1.29 is 9.53 Å². The molecule has 1 aliphatic heterocycles. The fraction of sp³-hybridized carbons (Fsp3) is 0.733. The fourth-order valence-electron chi connectivity index (χ4n) is 2.45. The zero-order valence-electron chi connectivity index (χ0n) is 13.2. The zero-order chi connectivity index (χ0) is 15.3. The van der Waals surface area contributed by atoms with Crippen molar-refractivity contribution in [3.05, 3.63) is 18.0 Å². The van der Waals surface area contributed by atoms with Crippen molar-refractivity contribution in [2.45, 2.75) is 58.2 Å². The van der Waals surface area contributed by atoms with Gasteiger partial charge in [-0.05, 0) is 40.0 Å². The Labute approximate surface area is 126 Å². The van der Waals surface area contributed by atoms with E-state index < -0.39 is 5.60 Å². The summed E-state index contributed by atoms with van der Waals surface area (Å²) >= 11 is 0. The van der Waals surface area contributed by atoms with Crippen LogP contribution in [0.15, 0.2) is 12.4 Å². The lowest BCUT2D eigenvalue weighted by atomic mass is 10.1. The number of rotatable bonds is 3. The summed E-state index contributed by atoms with van der Waals surface area (Å²) in [6.45, 7) is 8.04. The van der Waals surface area contributed by atoms with Gasteiger partial charge in [-0.25, -0.2) is 4.79 Å². The van der Waals surface area contributed by atoms with E-state index in [1.165, 1.54) is 0 Å². The van der Waals surface area contributed by atoms with Crippen molar-refractivity contribution >= 4 is 6.09 Å². The molecule has 1 atom stereocenters. The van der Waals surface area contributed by atoms with E-state index in [0.29, 0.717) is 6.04 Å². The molecule has 1 saturated heterocycles. The molecule has 1 amide bonds. The zero-order valence-corrected chi connectivity index (χ0v) is 13.2. The van der Waals surface area contributed by atoms with Crippen molar-refractivity contribution in [1.29, 1.82) is 0 Å². The molecule has 0 radical (unpaired) electrons. The maximum absolute atomic E-state index is 12.1. The first kappa shape index (κ1) is 15.8. The van der Waals surface area contributed by atoms with E-state index in [0.717, 1.165) is 44.5 Å². The van der Waals surface area contributed by atoms with Gasteiger partial charge in [0.15, 0.2) is 0 Å². The van der Waals surface area contributed by atoms with Crippen LogP contribution >= 0.6 is 0 Å². The van der Waals surface area contributed by atoms with Crippen LogP contribution in [0.25, 0.3) is 0 Å². The molecule has 2 heterocycles. The highest BCUT2D eigenvalue weighted by Gasteiger charge is 2.24. The van der Waals surface area contributed by atoms with Crippen molar-refractivity contribution in [3.63, 3.8) is 0 Å². The average molecular weight is 294 g/mol. The largest absolute Gasteiger partial charge is 0.444 e. The minimum atomic E-state index is -0.428. The molecule has 6 nitrogen and oxygen atoms in total. The van der Waals surface area contributed by atoms with Crippen LogP contribution in [-0.4, -0.2) is 45.9 Å². The van der Waals surface area contributed by atoms with E-state index in [1.54, 1.807) is 0 Å². The molecular formula is C15H26N4O2. The van der Waals surface area contributed by atoms with Crippen LogP contribution in [0.2, 0.25) is 0 Å². The van der Waals surface area contributed by atoms with E-state index >= 15 is 0 Å². The van der Waals surface area contributed by atoms with E-state index in [1.807, 2.05) is 38.1 Å². The second-order valence-corrected chi connectivity index (χ2v) is 6.58. The lowest BCUT2D eigenvalue weighted by Gasteiger charge is -2.26. The molecule has 0 saturated carbocycles. The normalized spacial score (nSPS) is 20.1. The maximum Gasteiger partial charge on any atom is 0.410 e. The van der Waals surface area contributed by atoms with Gasteiger partial charge in [0.1, 0.15) is 5.60 Å². The number of likely N-dealkylation sites (tertiary alicyclic amines) is 1. The van der Waals surface area contributed by atoms with Crippen molar-refractivity contribution in [3.8, 4) is 0 Å². The lowest BCUT2D eigenvalue weighted by Crippen LogP contribution is -2.38. The number of carbonyl (C=O) groups excluding carboxylic acids is 1. The van der Waals surface area contributed by atoms with Crippen LogP contribution < -0.4 is 5.32 Å². The van der Waals surface area contributed by atoms with Gasteiger partial charge in [0, 0.05) is 37.4 Å². The molecule has 0 bridgehead atoms. The predicted molar refractivity (Wildman–Crippen MR) is 80.9 cm³/mol. The topological polar surface area (TPSA) is 70.2 Å². The molecular weight excluding hydrogens is 268 g/mol. The second kappa shape index (κ2) is 6.93. The summed E-state index contributed by atoms with van der Waals surface area (Å²) in [4.78, 5) is 13.9.